The maximum atomic E-state index is 11.6. The van der Waals surface area contributed by atoms with Crippen LogP contribution in [-0.2, 0) is 11.3 Å². The fraction of sp³-hybridized carbons (Fsp3) is 0.545. The molecule has 0 aliphatic carbocycles. The Morgan fingerprint density at radius 1 is 1.59 bits per heavy atom. The van der Waals surface area contributed by atoms with Gasteiger partial charge < -0.3 is 10.4 Å². The van der Waals surface area contributed by atoms with Crippen LogP contribution in [0.25, 0.3) is 0 Å². The Morgan fingerprint density at radius 2 is 2.29 bits per heavy atom. The van der Waals surface area contributed by atoms with Crippen molar-refractivity contribution in [1.82, 2.24) is 14.9 Å². The number of aromatic nitrogens is 2. The summed E-state index contributed by atoms with van der Waals surface area (Å²) in [4.78, 5) is 26.4. The highest BCUT2D eigenvalue weighted by molar-refractivity contribution is 5.76. The van der Waals surface area contributed by atoms with Gasteiger partial charge in [0.2, 0.25) is 5.91 Å². The summed E-state index contributed by atoms with van der Waals surface area (Å²) < 4.78 is 1.21. The molecule has 17 heavy (non-hydrogen) atoms. The lowest BCUT2D eigenvalue weighted by molar-refractivity contribution is -0.123. The molecule has 0 spiro atoms. The Kier molecular flexibility index (Phi) is 4.84. The molecule has 0 radical (unpaired) electrons. The Hall–Kier alpha value is -1.69. The summed E-state index contributed by atoms with van der Waals surface area (Å²) in [6.07, 6.45) is 2.87. The van der Waals surface area contributed by atoms with Crippen molar-refractivity contribution in [2.24, 2.45) is 5.92 Å². The summed E-state index contributed by atoms with van der Waals surface area (Å²) in [6, 6.07) is 1.29. The van der Waals surface area contributed by atoms with E-state index in [0.29, 0.717) is 0 Å². The third-order valence-corrected chi connectivity index (χ3v) is 2.44. The van der Waals surface area contributed by atoms with Crippen molar-refractivity contribution in [1.29, 1.82) is 0 Å². The van der Waals surface area contributed by atoms with Crippen LogP contribution in [0.4, 0.5) is 0 Å². The van der Waals surface area contributed by atoms with E-state index in [9.17, 15) is 9.59 Å². The lowest BCUT2D eigenvalue weighted by atomic mass is 10.1. The lowest BCUT2D eigenvalue weighted by Crippen LogP contribution is -2.43. The first-order valence-electron chi connectivity index (χ1n) is 5.46. The van der Waals surface area contributed by atoms with Gasteiger partial charge in [0.15, 0.2) is 0 Å². The molecule has 0 fully saturated rings. The van der Waals surface area contributed by atoms with Crippen LogP contribution < -0.4 is 11.0 Å². The SMILES string of the molecule is CC(C)C(CO)NC(=O)Cn1cccnc1=O. The normalized spacial score (nSPS) is 12.5. The second kappa shape index (κ2) is 6.15. The van der Waals surface area contributed by atoms with Crippen LogP contribution in [0.15, 0.2) is 23.3 Å². The van der Waals surface area contributed by atoms with E-state index in [1.54, 1.807) is 6.07 Å². The zero-order valence-corrected chi connectivity index (χ0v) is 9.96. The third kappa shape index (κ3) is 3.99. The van der Waals surface area contributed by atoms with Gasteiger partial charge in [-0.25, -0.2) is 9.78 Å². The molecular weight excluding hydrogens is 222 g/mol. The van der Waals surface area contributed by atoms with E-state index < -0.39 is 5.69 Å². The van der Waals surface area contributed by atoms with Gasteiger partial charge in [0.05, 0.1) is 12.6 Å². The van der Waals surface area contributed by atoms with Gasteiger partial charge in [-0.3, -0.25) is 9.36 Å². The monoisotopic (exact) mass is 239 g/mol. The first kappa shape index (κ1) is 13.4. The minimum Gasteiger partial charge on any atom is -0.394 e. The predicted molar refractivity (Wildman–Crippen MR) is 62.4 cm³/mol. The standard InChI is InChI=1S/C11H17N3O3/c1-8(2)9(7-15)13-10(16)6-14-5-3-4-12-11(14)17/h3-5,8-9,15H,6-7H2,1-2H3,(H,13,16). The summed E-state index contributed by atoms with van der Waals surface area (Å²) >= 11 is 0. The van der Waals surface area contributed by atoms with Gasteiger partial charge in [0, 0.05) is 12.4 Å². The Balaban J connectivity index is 2.61. The summed E-state index contributed by atoms with van der Waals surface area (Å²) in [5.41, 5.74) is -0.465. The van der Waals surface area contributed by atoms with Crippen molar-refractivity contribution in [3.05, 3.63) is 28.9 Å². The quantitative estimate of drug-likeness (QED) is 0.717. The first-order valence-corrected chi connectivity index (χ1v) is 5.46. The minimum absolute atomic E-state index is 0.0874. The molecule has 1 aromatic heterocycles. The van der Waals surface area contributed by atoms with Gasteiger partial charge in [0.1, 0.15) is 6.54 Å². The zero-order valence-electron chi connectivity index (χ0n) is 9.96. The van der Waals surface area contributed by atoms with E-state index in [1.807, 2.05) is 13.8 Å². The molecule has 0 aliphatic rings. The van der Waals surface area contributed by atoms with Gasteiger partial charge >= 0.3 is 5.69 Å². The van der Waals surface area contributed by atoms with Crippen LogP contribution in [-0.4, -0.2) is 33.2 Å². The van der Waals surface area contributed by atoms with E-state index in [-0.39, 0.29) is 31.0 Å². The molecule has 6 nitrogen and oxygen atoms in total. The average Bonchev–Trinajstić information content (AvgIpc) is 2.28. The minimum atomic E-state index is -0.465. The number of nitrogens with zero attached hydrogens (tertiary/aromatic N) is 2. The molecule has 0 aliphatic heterocycles. The molecule has 0 aromatic carbocycles. The van der Waals surface area contributed by atoms with Crippen LogP contribution in [0.2, 0.25) is 0 Å². The number of aliphatic hydroxyl groups is 1. The molecule has 94 valence electrons. The fourth-order valence-electron chi connectivity index (χ4n) is 1.34. The Labute approximate surface area is 99.3 Å². The van der Waals surface area contributed by atoms with Crippen molar-refractivity contribution >= 4 is 5.91 Å². The van der Waals surface area contributed by atoms with E-state index in [4.69, 9.17) is 5.11 Å². The summed E-state index contributed by atoms with van der Waals surface area (Å²) in [5.74, 6) is -0.178. The number of hydrogen-bond donors (Lipinski definition) is 2. The molecule has 6 heteroatoms. The van der Waals surface area contributed by atoms with Gasteiger partial charge in [0.25, 0.3) is 0 Å². The highest BCUT2D eigenvalue weighted by atomic mass is 16.3. The van der Waals surface area contributed by atoms with Crippen molar-refractivity contribution < 1.29 is 9.90 Å². The molecule has 0 bridgehead atoms. The predicted octanol–water partition coefficient (Wildman–Crippen LogP) is -0.624. The van der Waals surface area contributed by atoms with Crippen LogP contribution in [0.5, 0.6) is 0 Å². The Bertz CT molecular complexity index is 428. The number of aliphatic hydroxyl groups excluding tert-OH is 1. The second-order valence-corrected chi connectivity index (χ2v) is 4.13. The molecular formula is C11H17N3O3. The summed E-state index contributed by atoms with van der Waals surface area (Å²) in [7, 11) is 0. The molecule has 2 N–H and O–H groups in total. The maximum Gasteiger partial charge on any atom is 0.347 e. The van der Waals surface area contributed by atoms with E-state index in [2.05, 4.69) is 10.3 Å². The third-order valence-electron chi connectivity index (χ3n) is 2.44. The molecule has 1 unspecified atom stereocenters. The summed E-state index contributed by atoms with van der Waals surface area (Å²) in [6.45, 7) is 3.59. The fourth-order valence-corrected chi connectivity index (χ4v) is 1.34. The molecule has 0 saturated heterocycles. The number of rotatable bonds is 5. The molecule has 1 aromatic rings. The largest absolute Gasteiger partial charge is 0.394 e. The molecule has 1 atom stereocenters. The number of carbonyl (C=O) groups is 1. The van der Waals surface area contributed by atoms with E-state index >= 15 is 0 Å². The van der Waals surface area contributed by atoms with Crippen LogP contribution in [0, 0.1) is 5.92 Å². The molecule has 1 amide bonds. The summed E-state index contributed by atoms with van der Waals surface area (Å²) in [5, 5.41) is 11.7. The molecule has 1 rings (SSSR count). The van der Waals surface area contributed by atoms with Gasteiger partial charge in [-0.15, -0.1) is 0 Å². The number of amides is 1. The zero-order chi connectivity index (χ0) is 12.8. The van der Waals surface area contributed by atoms with Gasteiger partial charge in [-0.1, -0.05) is 13.8 Å². The molecule has 0 saturated carbocycles. The van der Waals surface area contributed by atoms with Crippen LogP contribution in [0.1, 0.15) is 13.8 Å². The van der Waals surface area contributed by atoms with Crippen LogP contribution in [0.3, 0.4) is 0 Å². The maximum absolute atomic E-state index is 11.6. The molecule has 1 heterocycles. The van der Waals surface area contributed by atoms with Crippen molar-refractivity contribution in [3.8, 4) is 0 Å². The number of nitrogens with one attached hydrogen (secondary N) is 1. The Morgan fingerprint density at radius 3 is 2.82 bits per heavy atom. The van der Waals surface area contributed by atoms with Gasteiger partial charge in [-0.05, 0) is 12.0 Å². The average molecular weight is 239 g/mol. The number of carbonyl (C=O) groups excluding carboxylic acids is 1. The van der Waals surface area contributed by atoms with Crippen LogP contribution >= 0.6 is 0 Å². The van der Waals surface area contributed by atoms with Crippen molar-refractivity contribution in [2.45, 2.75) is 26.4 Å². The highest BCUT2D eigenvalue weighted by Crippen LogP contribution is 2.00. The topological polar surface area (TPSA) is 84.2 Å². The second-order valence-electron chi connectivity index (χ2n) is 4.13. The van der Waals surface area contributed by atoms with E-state index in [0.717, 1.165) is 0 Å². The lowest BCUT2D eigenvalue weighted by Gasteiger charge is -2.19. The van der Waals surface area contributed by atoms with Gasteiger partial charge in [-0.2, -0.15) is 0 Å². The first-order chi connectivity index (χ1) is 8.04. The van der Waals surface area contributed by atoms with E-state index in [1.165, 1.54) is 17.0 Å². The number of hydrogen-bond acceptors (Lipinski definition) is 4. The van der Waals surface area contributed by atoms with Crippen molar-refractivity contribution in [2.75, 3.05) is 6.61 Å². The smallest absolute Gasteiger partial charge is 0.347 e. The van der Waals surface area contributed by atoms with Crippen molar-refractivity contribution in [3.63, 3.8) is 0 Å². The highest BCUT2D eigenvalue weighted by Gasteiger charge is 2.15.